The summed E-state index contributed by atoms with van der Waals surface area (Å²) < 4.78 is 70.6. The van der Waals surface area contributed by atoms with Gasteiger partial charge in [-0.2, -0.15) is 0 Å². The number of halogens is 2. The molecule has 2 heterocycles. The van der Waals surface area contributed by atoms with Crippen LogP contribution in [-0.4, -0.2) is 92.5 Å². The summed E-state index contributed by atoms with van der Waals surface area (Å²) in [4.78, 5) is 30.0. The van der Waals surface area contributed by atoms with Crippen molar-refractivity contribution in [2.75, 3.05) is 0 Å². The molecule has 0 radical (unpaired) electrons. The molecule has 0 saturated heterocycles. The van der Waals surface area contributed by atoms with Gasteiger partial charge in [-0.3, -0.25) is 9.59 Å². The molecule has 0 fully saturated rings. The van der Waals surface area contributed by atoms with Gasteiger partial charge in [0.25, 0.3) is 0 Å². The molecule has 14 nitrogen and oxygen atoms in total. The Morgan fingerprint density at radius 3 is 1.15 bits per heavy atom. The van der Waals surface area contributed by atoms with Crippen molar-refractivity contribution in [3.8, 4) is 0 Å². The third-order valence-corrected chi connectivity index (χ3v) is 8.08. The van der Waals surface area contributed by atoms with Gasteiger partial charge in [0.15, 0.2) is 10.9 Å². The number of fused-ring (bicyclic) bond motifs is 4. The summed E-state index contributed by atoms with van der Waals surface area (Å²) in [5.74, 6) is 0. The molecule has 0 atom stereocenters. The van der Waals surface area contributed by atoms with Crippen LogP contribution in [0, 0.1) is 0 Å². The molecule has 40 heavy (non-hydrogen) atoms. The monoisotopic (exact) mass is 660 g/mol. The topological polar surface area (TPSA) is 300 Å². The van der Waals surface area contributed by atoms with Crippen molar-refractivity contribution in [1.29, 1.82) is 0 Å². The molecule has 20 heteroatoms. The van der Waals surface area contributed by atoms with Crippen molar-refractivity contribution >= 4 is 122 Å². The van der Waals surface area contributed by atoms with Crippen LogP contribution in [0.5, 0.6) is 0 Å². The van der Waals surface area contributed by atoms with Crippen molar-refractivity contribution in [2.24, 2.45) is 0 Å². The average Bonchev–Trinajstić information content (AvgIpc) is 2.71. The zero-order valence-corrected chi connectivity index (χ0v) is 24.7. The molecule has 0 spiro atoms. The van der Waals surface area contributed by atoms with Gasteiger partial charge in [0.05, 0.1) is 41.9 Å². The van der Waals surface area contributed by atoms with E-state index >= 15 is 0 Å². The summed E-state index contributed by atoms with van der Waals surface area (Å²) in [5, 5.41) is -1.10. The SMILES string of the molecule is O=c1c2cc3[nH]c4c(S(=O)(=O)[O-])c(Cl)ccc4c(=O)c3cc2[nH]c2c(S(=O)(=O)[O-])c(Cl)ccc12.[Al+3].[Al+3].[OH-].[OH-].[OH-].[OH-]. The number of aromatic amines is 2. The zero-order chi connectivity index (χ0) is 24.7. The van der Waals surface area contributed by atoms with Gasteiger partial charge in [0.1, 0.15) is 20.2 Å². The van der Waals surface area contributed by atoms with E-state index in [1.54, 1.807) is 0 Å². The summed E-state index contributed by atoms with van der Waals surface area (Å²) in [7, 11) is -10.1. The Morgan fingerprint density at radius 2 is 0.875 bits per heavy atom. The van der Waals surface area contributed by atoms with E-state index in [1.165, 1.54) is 24.3 Å². The van der Waals surface area contributed by atoms with Crippen molar-refractivity contribution in [1.82, 2.24) is 9.97 Å². The van der Waals surface area contributed by atoms with Gasteiger partial charge in [0.2, 0.25) is 0 Å². The molecular formula is C20H12Al2Cl2N2O12S2. The molecule has 3 aromatic carbocycles. The quantitative estimate of drug-likeness (QED) is 0.154. The zero-order valence-electron chi connectivity index (χ0n) is 19.2. The van der Waals surface area contributed by atoms with Gasteiger partial charge in [-0.15, -0.1) is 0 Å². The number of benzene rings is 3. The summed E-state index contributed by atoms with van der Waals surface area (Å²) >= 11 is 11.8. The third-order valence-electron chi connectivity index (χ3n) is 5.37. The number of rotatable bonds is 2. The van der Waals surface area contributed by atoms with Crippen LogP contribution >= 0.6 is 23.2 Å². The molecule has 0 aliphatic rings. The first-order chi connectivity index (χ1) is 15.8. The second-order valence-electron chi connectivity index (χ2n) is 7.36. The van der Waals surface area contributed by atoms with Crippen LogP contribution in [0.1, 0.15) is 0 Å². The van der Waals surface area contributed by atoms with Crippen molar-refractivity contribution < 1.29 is 47.8 Å². The molecular weight excluding hydrogens is 649 g/mol. The number of pyridine rings is 2. The van der Waals surface area contributed by atoms with Crippen LogP contribution in [0.3, 0.4) is 0 Å². The summed E-state index contributed by atoms with van der Waals surface area (Å²) in [6.07, 6.45) is 0. The van der Waals surface area contributed by atoms with E-state index in [-0.39, 0.29) is 110 Å². The number of aromatic nitrogens is 2. The minimum Gasteiger partial charge on any atom is -0.870 e. The van der Waals surface area contributed by atoms with Gasteiger partial charge in [-0.05, 0) is 36.4 Å². The van der Waals surface area contributed by atoms with Crippen LogP contribution in [0.15, 0.2) is 55.8 Å². The summed E-state index contributed by atoms with van der Waals surface area (Å²) in [5.41, 5.74) is -1.96. The minimum absolute atomic E-state index is 0. The predicted molar refractivity (Wildman–Crippen MR) is 143 cm³/mol. The second kappa shape index (κ2) is 13.3. The Bertz CT molecular complexity index is 1950. The Morgan fingerprint density at radius 1 is 0.575 bits per heavy atom. The minimum atomic E-state index is -5.07. The van der Waals surface area contributed by atoms with Crippen molar-refractivity contribution in [2.45, 2.75) is 9.79 Å². The molecule has 5 rings (SSSR count). The second-order valence-corrected chi connectivity index (χ2v) is 10.8. The first-order valence-corrected chi connectivity index (χ1v) is 12.7. The van der Waals surface area contributed by atoms with Gasteiger partial charge < -0.3 is 41.0 Å². The molecule has 0 amide bonds. The molecule has 0 unspecified atom stereocenters. The van der Waals surface area contributed by atoms with Crippen LogP contribution < -0.4 is 10.9 Å². The largest absolute Gasteiger partial charge is 3.00 e. The first kappa shape index (κ1) is 40.0. The molecule has 2 aromatic heterocycles. The molecule has 0 bridgehead atoms. The molecule has 0 aliphatic heterocycles. The van der Waals surface area contributed by atoms with Crippen LogP contribution in [0.2, 0.25) is 10.0 Å². The van der Waals surface area contributed by atoms with Gasteiger partial charge >= 0.3 is 34.7 Å². The van der Waals surface area contributed by atoms with E-state index in [0.717, 1.165) is 12.1 Å². The normalized spacial score (nSPS) is 10.9. The third kappa shape index (κ3) is 6.21. The molecule has 5 aromatic rings. The maximum atomic E-state index is 13.1. The van der Waals surface area contributed by atoms with Gasteiger partial charge in [0, 0.05) is 21.5 Å². The molecule has 206 valence electrons. The average molecular weight is 661 g/mol. The van der Waals surface area contributed by atoms with E-state index < -0.39 is 40.9 Å². The maximum absolute atomic E-state index is 13.1. The van der Waals surface area contributed by atoms with E-state index in [4.69, 9.17) is 23.2 Å². The fourth-order valence-electron chi connectivity index (χ4n) is 3.97. The smallest absolute Gasteiger partial charge is 0.870 e. The van der Waals surface area contributed by atoms with E-state index in [9.17, 15) is 35.5 Å². The van der Waals surface area contributed by atoms with E-state index in [1.807, 2.05) is 0 Å². The number of hydrogen-bond acceptors (Lipinski definition) is 12. The van der Waals surface area contributed by atoms with Crippen molar-refractivity contribution in [3.05, 3.63) is 66.9 Å². The number of H-pyrrole nitrogens is 2. The predicted octanol–water partition coefficient (Wildman–Crippen LogP) is 1.32. The van der Waals surface area contributed by atoms with Crippen LogP contribution in [0.4, 0.5) is 0 Å². The molecule has 6 N–H and O–H groups in total. The summed E-state index contributed by atoms with van der Waals surface area (Å²) in [6.45, 7) is 0. The summed E-state index contributed by atoms with van der Waals surface area (Å²) in [6, 6.07) is 7.15. The Balaban J connectivity index is 0. The maximum Gasteiger partial charge on any atom is 3.00 e. The molecule has 0 aliphatic carbocycles. The van der Waals surface area contributed by atoms with Crippen molar-refractivity contribution in [3.63, 3.8) is 0 Å². The molecule has 0 saturated carbocycles. The van der Waals surface area contributed by atoms with Crippen LogP contribution in [0.25, 0.3) is 43.6 Å². The van der Waals surface area contributed by atoms with E-state index in [0.29, 0.717) is 0 Å². The first-order valence-electron chi connectivity index (χ1n) is 9.17. The Labute approximate surface area is 254 Å². The number of nitrogens with one attached hydrogen (secondary N) is 2. The van der Waals surface area contributed by atoms with Gasteiger partial charge in [-0.25, -0.2) is 16.8 Å². The van der Waals surface area contributed by atoms with Crippen LogP contribution in [-0.2, 0) is 20.2 Å². The Hall–Kier alpha value is -2.10. The fraction of sp³-hybridized carbons (Fsp3) is 0. The fourth-order valence-corrected chi connectivity index (χ4v) is 6.29. The number of hydrogen-bond donors (Lipinski definition) is 2. The standard InChI is InChI=1S/C20H10Cl2N2O8S2.2Al.4H2O/c21-11-3-1-7-15(19(11)33(27,28)29)23-13-6-10-14(5-9(13)17(7)25)24-16-8(18(10)26)2-4-12(22)20(16)34(30,31)32;;;;;;/h1-6H,(H,23,25)(H,24,26)(H,27,28,29)(H,30,31,32);;;4*1H2/q;2*+3;;;;/p-6. The Kier molecular flexibility index (Phi) is 13.3. The van der Waals surface area contributed by atoms with Gasteiger partial charge in [-0.1, -0.05) is 23.2 Å². The van der Waals surface area contributed by atoms with E-state index in [2.05, 4.69) is 9.97 Å².